The van der Waals surface area contributed by atoms with E-state index in [1.165, 1.54) is 15.6 Å². The number of benzene rings is 1. The van der Waals surface area contributed by atoms with Crippen LogP contribution in [0.3, 0.4) is 0 Å². The van der Waals surface area contributed by atoms with Crippen LogP contribution in [-0.4, -0.2) is 0 Å². The van der Waals surface area contributed by atoms with Gasteiger partial charge in [-0.1, -0.05) is 39.0 Å². The maximum absolute atomic E-state index is 6.20. The van der Waals surface area contributed by atoms with E-state index in [0.717, 1.165) is 6.42 Å². The van der Waals surface area contributed by atoms with Crippen molar-refractivity contribution in [1.29, 1.82) is 0 Å². The van der Waals surface area contributed by atoms with Gasteiger partial charge < -0.3 is 5.73 Å². The fourth-order valence-electron chi connectivity index (χ4n) is 1.52. The predicted octanol–water partition coefficient (Wildman–Crippen LogP) is 4.12. The molecule has 84 valence electrons. The normalized spacial score (nSPS) is 13.9. The third kappa shape index (κ3) is 4.51. The molecule has 0 fully saturated rings. The molecule has 1 atom stereocenters. The zero-order valence-corrected chi connectivity index (χ0v) is 11.9. The second kappa shape index (κ2) is 5.30. The van der Waals surface area contributed by atoms with Crippen LogP contribution in [0.4, 0.5) is 0 Å². The summed E-state index contributed by atoms with van der Waals surface area (Å²) in [5.74, 6) is 0. The van der Waals surface area contributed by atoms with Gasteiger partial charge >= 0.3 is 0 Å². The van der Waals surface area contributed by atoms with Crippen LogP contribution < -0.4 is 5.73 Å². The molecule has 2 N–H and O–H groups in total. The highest BCUT2D eigenvalue weighted by atomic mass is 127. The van der Waals surface area contributed by atoms with Gasteiger partial charge in [-0.05, 0) is 52.5 Å². The largest absolute Gasteiger partial charge is 0.324 e. The summed E-state index contributed by atoms with van der Waals surface area (Å²) in [4.78, 5) is 0. The minimum Gasteiger partial charge on any atom is -0.324 e. The van der Waals surface area contributed by atoms with E-state index in [1.807, 2.05) is 0 Å². The van der Waals surface area contributed by atoms with Crippen LogP contribution in [-0.2, 0) is 0 Å². The number of rotatable bonds is 3. The van der Waals surface area contributed by atoms with Crippen molar-refractivity contribution in [2.45, 2.75) is 39.7 Å². The summed E-state index contributed by atoms with van der Waals surface area (Å²) in [6.07, 6.45) is 2.22. The van der Waals surface area contributed by atoms with E-state index < -0.39 is 0 Å². The van der Waals surface area contributed by atoms with Crippen molar-refractivity contribution in [3.8, 4) is 0 Å². The van der Waals surface area contributed by atoms with Crippen LogP contribution in [0, 0.1) is 8.99 Å². The van der Waals surface area contributed by atoms with E-state index in [-0.39, 0.29) is 6.04 Å². The quantitative estimate of drug-likeness (QED) is 0.834. The van der Waals surface area contributed by atoms with E-state index in [9.17, 15) is 0 Å². The van der Waals surface area contributed by atoms with Crippen LogP contribution in [0.1, 0.15) is 45.2 Å². The molecule has 0 aliphatic rings. The highest BCUT2D eigenvalue weighted by Crippen LogP contribution is 2.27. The summed E-state index contributed by atoms with van der Waals surface area (Å²) in [5, 5.41) is 0. The molecule has 1 aromatic rings. The lowest BCUT2D eigenvalue weighted by molar-refractivity contribution is 0.349. The molecule has 0 amide bonds. The topological polar surface area (TPSA) is 26.0 Å². The summed E-state index contributed by atoms with van der Waals surface area (Å²) < 4.78 is 1.27. The lowest BCUT2D eigenvalue weighted by Crippen LogP contribution is -2.15. The van der Waals surface area contributed by atoms with E-state index in [0.29, 0.717) is 5.41 Å². The van der Waals surface area contributed by atoms with Crippen molar-refractivity contribution in [3.05, 3.63) is 33.4 Å². The summed E-state index contributed by atoms with van der Waals surface area (Å²) in [5.41, 5.74) is 7.85. The number of halogens is 1. The van der Waals surface area contributed by atoms with Crippen molar-refractivity contribution >= 4 is 22.6 Å². The van der Waals surface area contributed by atoms with Crippen LogP contribution in [0.5, 0.6) is 0 Å². The molecular weight excluding hydrogens is 297 g/mol. The Morgan fingerprint density at radius 3 is 2.40 bits per heavy atom. The maximum Gasteiger partial charge on any atom is 0.0305 e. The molecular formula is C13H20IN. The first-order valence-corrected chi connectivity index (χ1v) is 6.48. The van der Waals surface area contributed by atoms with Crippen LogP contribution in [0.15, 0.2) is 24.3 Å². The monoisotopic (exact) mass is 317 g/mol. The Morgan fingerprint density at radius 1 is 1.27 bits per heavy atom. The van der Waals surface area contributed by atoms with E-state index >= 15 is 0 Å². The fraction of sp³-hybridized carbons (Fsp3) is 0.538. The summed E-state index contributed by atoms with van der Waals surface area (Å²) in [6.45, 7) is 6.78. The zero-order chi connectivity index (χ0) is 11.5. The molecule has 1 rings (SSSR count). The summed E-state index contributed by atoms with van der Waals surface area (Å²) in [6, 6.07) is 8.55. The van der Waals surface area contributed by atoms with E-state index in [1.54, 1.807) is 0 Å². The Balaban J connectivity index is 2.62. The molecule has 2 heteroatoms. The third-order valence-electron chi connectivity index (χ3n) is 2.51. The van der Waals surface area contributed by atoms with Gasteiger partial charge in [0.15, 0.2) is 0 Å². The molecule has 15 heavy (non-hydrogen) atoms. The van der Waals surface area contributed by atoms with Gasteiger partial charge in [-0.2, -0.15) is 0 Å². The minimum atomic E-state index is 0.178. The average Bonchev–Trinajstić information content (AvgIpc) is 2.14. The van der Waals surface area contributed by atoms with Crippen LogP contribution in [0.25, 0.3) is 0 Å². The van der Waals surface area contributed by atoms with Crippen molar-refractivity contribution in [2.24, 2.45) is 11.1 Å². The summed E-state index contributed by atoms with van der Waals surface area (Å²) >= 11 is 2.36. The SMILES string of the molecule is CC(C)(C)CCC(N)c1ccccc1I. The highest BCUT2D eigenvalue weighted by molar-refractivity contribution is 14.1. The molecule has 0 spiro atoms. The van der Waals surface area contributed by atoms with Gasteiger partial charge in [0.05, 0.1) is 0 Å². The summed E-state index contributed by atoms with van der Waals surface area (Å²) in [7, 11) is 0. The first kappa shape index (κ1) is 13.0. The molecule has 1 aromatic carbocycles. The Kier molecular flexibility index (Phi) is 4.59. The number of nitrogens with two attached hydrogens (primary N) is 1. The average molecular weight is 317 g/mol. The predicted molar refractivity (Wildman–Crippen MR) is 74.8 cm³/mol. The lowest BCUT2D eigenvalue weighted by atomic mass is 9.87. The molecule has 0 heterocycles. The van der Waals surface area contributed by atoms with Crippen molar-refractivity contribution in [1.82, 2.24) is 0 Å². The smallest absolute Gasteiger partial charge is 0.0305 e. The maximum atomic E-state index is 6.20. The van der Waals surface area contributed by atoms with E-state index in [4.69, 9.17) is 5.73 Å². The second-order valence-electron chi connectivity index (χ2n) is 5.23. The molecule has 0 radical (unpaired) electrons. The standard InChI is InChI=1S/C13H20IN/c1-13(2,3)9-8-12(15)10-6-4-5-7-11(10)14/h4-7,12H,8-9,15H2,1-3H3. The Hall–Kier alpha value is -0.0900. The molecule has 0 aliphatic heterocycles. The van der Waals surface area contributed by atoms with Gasteiger partial charge in [0, 0.05) is 9.61 Å². The van der Waals surface area contributed by atoms with Crippen molar-refractivity contribution in [3.63, 3.8) is 0 Å². The lowest BCUT2D eigenvalue weighted by Gasteiger charge is -2.21. The Labute approximate surface area is 107 Å². The first-order valence-electron chi connectivity index (χ1n) is 5.40. The van der Waals surface area contributed by atoms with Crippen LogP contribution >= 0.6 is 22.6 Å². The molecule has 1 unspecified atom stereocenters. The first-order chi connectivity index (χ1) is 6.90. The van der Waals surface area contributed by atoms with Gasteiger partial charge in [-0.3, -0.25) is 0 Å². The van der Waals surface area contributed by atoms with Crippen molar-refractivity contribution in [2.75, 3.05) is 0 Å². The van der Waals surface area contributed by atoms with Gasteiger partial charge in [0.2, 0.25) is 0 Å². The van der Waals surface area contributed by atoms with Gasteiger partial charge in [-0.25, -0.2) is 0 Å². The molecule has 0 aromatic heterocycles. The molecule has 1 nitrogen and oxygen atoms in total. The fourth-order valence-corrected chi connectivity index (χ4v) is 2.31. The number of hydrogen-bond donors (Lipinski definition) is 1. The van der Waals surface area contributed by atoms with E-state index in [2.05, 4.69) is 67.6 Å². The zero-order valence-electron chi connectivity index (χ0n) is 9.76. The minimum absolute atomic E-state index is 0.178. The van der Waals surface area contributed by atoms with Crippen LogP contribution in [0.2, 0.25) is 0 Å². The van der Waals surface area contributed by atoms with Crippen molar-refractivity contribution < 1.29 is 0 Å². The third-order valence-corrected chi connectivity index (χ3v) is 3.49. The molecule has 0 bridgehead atoms. The molecule has 0 saturated heterocycles. The molecule has 0 saturated carbocycles. The number of hydrogen-bond acceptors (Lipinski definition) is 1. The highest BCUT2D eigenvalue weighted by Gasteiger charge is 2.15. The second-order valence-corrected chi connectivity index (χ2v) is 6.39. The van der Waals surface area contributed by atoms with Gasteiger partial charge in [-0.15, -0.1) is 0 Å². The molecule has 0 aliphatic carbocycles. The Bertz CT molecular complexity index is 315. The van der Waals surface area contributed by atoms with Gasteiger partial charge in [0.1, 0.15) is 0 Å². The van der Waals surface area contributed by atoms with Gasteiger partial charge in [0.25, 0.3) is 0 Å². The Morgan fingerprint density at radius 2 is 1.87 bits per heavy atom.